The third-order valence-corrected chi connectivity index (χ3v) is 2.77. The largest absolute Gasteiger partial charge is 0.454 e. The van der Waals surface area contributed by atoms with Crippen LogP contribution >= 0.6 is 0 Å². The number of hydrogen-bond acceptors (Lipinski definition) is 6. The first-order valence-corrected chi connectivity index (χ1v) is 6.01. The highest BCUT2D eigenvalue weighted by atomic mass is 16.7. The summed E-state index contributed by atoms with van der Waals surface area (Å²) in [5, 5.41) is 10.5. The van der Waals surface area contributed by atoms with Gasteiger partial charge in [-0.05, 0) is 17.7 Å². The molecule has 1 aromatic carbocycles. The van der Waals surface area contributed by atoms with Crippen LogP contribution in [-0.2, 0) is 17.9 Å². The summed E-state index contributed by atoms with van der Waals surface area (Å²) < 4.78 is 10.5. The first-order chi connectivity index (χ1) is 9.70. The molecule has 1 aromatic heterocycles. The van der Waals surface area contributed by atoms with E-state index in [1.807, 2.05) is 18.2 Å². The molecular weight excluding hydrogens is 262 g/mol. The minimum absolute atomic E-state index is 0.0295. The lowest BCUT2D eigenvalue weighted by atomic mass is 10.2. The van der Waals surface area contributed by atoms with E-state index in [0.29, 0.717) is 12.3 Å². The van der Waals surface area contributed by atoms with E-state index in [-0.39, 0.29) is 25.1 Å². The zero-order valence-electron chi connectivity index (χ0n) is 10.6. The van der Waals surface area contributed by atoms with E-state index < -0.39 is 0 Å². The van der Waals surface area contributed by atoms with Crippen LogP contribution in [0.2, 0.25) is 0 Å². The fraction of sp³-hybridized carbons (Fsp3) is 0.250. The number of nitrogens with two attached hydrogens (primary N) is 1. The van der Waals surface area contributed by atoms with Gasteiger partial charge < -0.3 is 20.5 Å². The van der Waals surface area contributed by atoms with E-state index in [4.69, 9.17) is 15.2 Å². The Morgan fingerprint density at radius 3 is 3.05 bits per heavy atom. The number of fused-ring (bicyclic) bond motifs is 1. The van der Waals surface area contributed by atoms with E-state index in [1.54, 1.807) is 0 Å². The third kappa shape index (κ3) is 2.63. The second-order valence-corrected chi connectivity index (χ2v) is 4.26. The number of amides is 1. The summed E-state index contributed by atoms with van der Waals surface area (Å²) in [5.74, 6) is 1.50. The molecule has 0 aliphatic carbocycles. The zero-order valence-corrected chi connectivity index (χ0v) is 10.6. The Kier molecular flexibility index (Phi) is 3.12. The number of ether oxygens (including phenoxy) is 2. The predicted molar refractivity (Wildman–Crippen MR) is 68.8 cm³/mol. The summed E-state index contributed by atoms with van der Waals surface area (Å²) in [7, 11) is 0. The average molecular weight is 275 g/mol. The summed E-state index contributed by atoms with van der Waals surface area (Å²) >= 11 is 0. The van der Waals surface area contributed by atoms with Crippen molar-refractivity contribution in [3.05, 3.63) is 30.0 Å². The van der Waals surface area contributed by atoms with Crippen molar-refractivity contribution in [1.82, 2.24) is 20.3 Å². The van der Waals surface area contributed by atoms with Crippen molar-refractivity contribution >= 4 is 11.7 Å². The molecule has 3 N–H and O–H groups in total. The van der Waals surface area contributed by atoms with Gasteiger partial charge in [0.25, 0.3) is 0 Å². The molecule has 1 aliphatic heterocycles. The van der Waals surface area contributed by atoms with Gasteiger partial charge in [-0.25, -0.2) is 0 Å². The van der Waals surface area contributed by atoms with Crippen LogP contribution in [0.4, 0.5) is 5.82 Å². The van der Waals surface area contributed by atoms with Crippen LogP contribution in [0.5, 0.6) is 11.5 Å². The minimum Gasteiger partial charge on any atom is -0.454 e. The number of rotatable bonds is 4. The summed E-state index contributed by atoms with van der Waals surface area (Å²) in [6.45, 7) is 0.658. The first kappa shape index (κ1) is 12.3. The smallest absolute Gasteiger partial charge is 0.243 e. The molecular formula is C12H13N5O3. The second-order valence-electron chi connectivity index (χ2n) is 4.26. The van der Waals surface area contributed by atoms with Crippen molar-refractivity contribution in [2.24, 2.45) is 0 Å². The Labute approximate surface area is 114 Å². The maximum absolute atomic E-state index is 11.7. The summed E-state index contributed by atoms with van der Waals surface area (Å²) in [4.78, 5) is 13.0. The van der Waals surface area contributed by atoms with Crippen LogP contribution in [0.15, 0.2) is 24.4 Å². The SMILES string of the molecule is Nc1cnn(CC(=O)NCc2ccc3c(c2)OCO3)n1. The zero-order chi connectivity index (χ0) is 13.9. The highest BCUT2D eigenvalue weighted by Gasteiger charge is 2.13. The van der Waals surface area contributed by atoms with Crippen molar-refractivity contribution in [3.8, 4) is 11.5 Å². The molecule has 2 heterocycles. The minimum atomic E-state index is -0.196. The van der Waals surface area contributed by atoms with Crippen LogP contribution < -0.4 is 20.5 Å². The van der Waals surface area contributed by atoms with E-state index in [0.717, 1.165) is 11.3 Å². The topological polar surface area (TPSA) is 104 Å². The molecule has 0 fully saturated rings. The molecule has 0 atom stereocenters. The fourth-order valence-corrected chi connectivity index (χ4v) is 1.82. The maximum Gasteiger partial charge on any atom is 0.243 e. The molecule has 104 valence electrons. The van der Waals surface area contributed by atoms with Crippen molar-refractivity contribution < 1.29 is 14.3 Å². The maximum atomic E-state index is 11.7. The summed E-state index contributed by atoms with van der Waals surface area (Å²) in [6.07, 6.45) is 1.39. The predicted octanol–water partition coefficient (Wildman–Crippen LogP) is -0.0946. The van der Waals surface area contributed by atoms with Crippen LogP contribution in [0.3, 0.4) is 0 Å². The van der Waals surface area contributed by atoms with Gasteiger partial charge in [-0.2, -0.15) is 9.90 Å². The number of anilines is 1. The Morgan fingerprint density at radius 1 is 1.40 bits per heavy atom. The molecule has 8 nitrogen and oxygen atoms in total. The van der Waals surface area contributed by atoms with E-state index in [2.05, 4.69) is 15.5 Å². The van der Waals surface area contributed by atoms with Gasteiger partial charge in [0.15, 0.2) is 17.3 Å². The molecule has 3 rings (SSSR count). The van der Waals surface area contributed by atoms with Crippen molar-refractivity contribution in [3.63, 3.8) is 0 Å². The monoisotopic (exact) mass is 275 g/mol. The van der Waals surface area contributed by atoms with Crippen LogP contribution in [0, 0.1) is 0 Å². The Morgan fingerprint density at radius 2 is 2.25 bits per heavy atom. The molecule has 8 heteroatoms. The number of carbonyl (C=O) groups excluding carboxylic acids is 1. The average Bonchev–Trinajstić information content (AvgIpc) is 3.04. The number of carbonyl (C=O) groups is 1. The van der Waals surface area contributed by atoms with E-state index >= 15 is 0 Å². The summed E-state index contributed by atoms with van der Waals surface area (Å²) in [5.41, 5.74) is 6.35. The number of nitrogen functional groups attached to an aromatic ring is 1. The van der Waals surface area contributed by atoms with Crippen LogP contribution in [0.1, 0.15) is 5.56 Å². The van der Waals surface area contributed by atoms with Gasteiger partial charge in [-0.1, -0.05) is 6.07 Å². The lowest BCUT2D eigenvalue weighted by molar-refractivity contribution is -0.122. The van der Waals surface area contributed by atoms with Gasteiger partial charge in [-0.3, -0.25) is 4.79 Å². The standard InChI is InChI=1S/C12H13N5O3/c13-11-5-15-17(16-11)6-12(18)14-4-8-1-2-9-10(3-8)20-7-19-9/h1-3,5H,4,6-7H2,(H2,13,16)(H,14,18). The molecule has 1 aliphatic rings. The molecule has 1 amide bonds. The number of aromatic nitrogens is 3. The quantitative estimate of drug-likeness (QED) is 0.807. The number of hydrogen-bond donors (Lipinski definition) is 2. The van der Waals surface area contributed by atoms with Crippen molar-refractivity contribution in [2.45, 2.75) is 13.1 Å². The van der Waals surface area contributed by atoms with Gasteiger partial charge >= 0.3 is 0 Å². The van der Waals surface area contributed by atoms with Gasteiger partial charge in [0, 0.05) is 6.54 Å². The molecule has 0 bridgehead atoms. The molecule has 0 saturated carbocycles. The second kappa shape index (κ2) is 5.08. The van der Waals surface area contributed by atoms with Gasteiger partial charge in [-0.15, -0.1) is 5.10 Å². The Bertz CT molecular complexity index is 640. The molecule has 0 saturated heterocycles. The van der Waals surface area contributed by atoms with Gasteiger partial charge in [0.1, 0.15) is 6.54 Å². The van der Waals surface area contributed by atoms with Crippen LogP contribution in [-0.4, -0.2) is 27.7 Å². The van der Waals surface area contributed by atoms with Gasteiger partial charge in [0.05, 0.1) is 6.20 Å². The highest BCUT2D eigenvalue weighted by Crippen LogP contribution is 2.32. The van der Waals surface area contributed by atoms with Gasteiger partial charge in [0.2, 0.25) is 12.7 Å². The molecule has 0 radical (unpaired) electrons. The van der Waals surface area contributed by atoms with E-state index in [1.165, 1.54) is 11.0 Å². The fourth-order valence-electron chi connectivity index (χ4n) is 1.82. The lowest BCUT2D eigenvalue weighted by Crippen LogP contribution is -2.28. The number of nitrogens with one attached hydrogen (secondary N) is 1. The van der Waals surface area contributed by atoms with E-state index in [9.17, 15) is 4.79 Å². The highest BCUT2D eigenvalue weighted by molar-refractivity contribution is 5.75. The lowest BCUT2D eigenvalue weighted by Gasteiger charge is -2.05. The van der Waals surface area contributed by atoms with Crippen LogP contribution in [0.25, 0.3) is 0 Å². The van der Waals surface area contributed by atoms with Crippen molar-refractivity contribution in [2.75, 3.05) is 12.5 Å². The number of nitrogens with zero attached hydrogens (tertiary/aromatic N) is 3. The molecule has 20 heavy (non-hydrogen) atoms. The molecule has 2 aromatic rings. The normalized spacial score (nSPS) is 12.4. The van der Waals surface area contributed by atoms with Crippen molar-refractivity contribution in [1.29, 1.82) is 0 Å². The molecule has 0 unspecified atom stereocenters. The third-order valence-electron chi connectivity index (χ3n) is 2.77. The first-order valence-electron chi connectivity index (χ1n) is 6.01. The Balaban J connectivity index is 1.55. The number of benzene rings is 1. The summed E-state index contributed by atoms with van der Waals surface area (Å²) in [6, 6.07) is 5.53. The Hall–Kier alpha value is -2.77. The molecule has 0 spiro atoms.